The number of hydrogen-bond acceptors (Lipinski definition) is 12. The van der Waals surface area contributed by atoms with Crippen LogP contribution in [0, 0.1) is 0 Å². The molecule has 1 aliphatic heterocycles. The van der Waals surface area contributed by atoms with E-state index < -0.39 is 69.0 Å². The number of ether oxygens (including phenoxy) is 3. The average Bonchev–Trinajstić information content (AvgIpc) is 3.60. The number of hydrogen-bond donors (Lipinski definition) is 6. The molecule has 1 saturated heterocycles. The fourth-order valence-corrected chi connectivity index (χ4v) is 5.62. The molecule has 2 aromatic heterocycles. The van der Waals surface area contributed by atoms with Gasteiger partial charge in [-0.3, -0.25) is 9.46 Å². The Morgan fingerprint density at radius 2 is 1.80 bits per heavy atom. The minimum absolute atomic E-state index is 0.0691. The number of fused-ring (bicyclic) bond motifs is 1. The number of aliphatic hydroxyl groups is 4. The van der Waals surface area contributed by atoms with E-state index in [-0.39, 0.29) is 22.8 Å². The monoisotopic (exact) mass is 623 g/mol. The Balaban J connectivity index is 1.67. The molecule has 16 nitrogen and oxygen atoms in total. The van der Waals surface area contributed by atoms with Crippen molar-refractivity contribution in [2.75, 3.05) is 24.7 Å². The van der Waals surface area contributed by atoms with Crippen molar-refractivity contribution in [2.45, 2.75) is 88.0 Å². The molecule has 2 aromatic rings. The van der Waals surface area contributed by atoms with Crippen molar-refractivity contribution < 1.29 is 53.8 Å². The first kappa shape index (κ1) is 31.9. The minimum atomic E-state index is -5.16. The maximum Gasteiger partial charge on any atom is 0.416 e. The lowest BCUT2D eigenvalue weighted by atomic mass is 10.1. The minimum Gasteiger partial charge on any atom is -0.443 e. The van der Waals surface area contributed by atoms with Crippen LogP contribution in [-0.2, 0) is 18.8 Å². The SMILES string of the molecule is CC(C)(C)OC(=O)N(c1nc(Cl)nc2c1cnn2[C@@H]1O[C@H](COC(CO)(CO)P(=O)(O)O)[C@@H](O)[C@H]1O)C1CCCC1. The summed E-state index contributed by atoms with van der Waals surface area (Å²) in [4.78, 5) is 42.4. The lowest BCUT2D eigenvalue weighted by Crippen LogP contribution is -2.44. The molecule has 0 aromatic carbocycles. The lowest BCUT2D eigenvalue weighted by Gasteiger charge is -2.31. The van der Waals surface area contributed by atoms with Crippen LogP contribution in [0.4, 0.5) is 10.6 Å². The molecule has 1 aliphatic carbocycles. The first-order valence-electron chi connectivity index (χ1n) is 13.0. The van der Waals surface area contributed by atoms with Gasteiger partial charge >= 0.3 is 13.7 Å². The Bertz CT molecular complexity index is 1290. The Morgan fingerprint density at radius 3 is 2.37 bits per heavy atom. The predicted octanol–water partition coefficient (Wildman–Crippen LogP) is 0.658. The van der Waals surface area contributed by atoms with E-state index in [1.54, 1.807) is 20.8 Å². The van der Waals surface area contributed by atoms with Gasteiger partial charge in [0, 0.05) is 6.04 Å². The van der Waals surface area contributed by atoms with Gasteiger partial charge in [0.25, 0.3) is 0 Å². The summed E-state index contributed by atoms with van der Waals surface area (Å²) in [5.74, 6) is 0.151. The largest absolute Gasteiger partial charge is 0.443 e. The zero-order valence-electron chi connectivity index (χ0n) is 22.7. The molecule has 0 bridgehead atoms. The standard InChI is InChI=1S/C23H35ClN5O11P/c1-22(2,3)40-21(34)28(12-6-4-5-7-12)17-13-8-25-29(18(13)27-20(24)26-17)19-16(33)15(32)14(39-19)9-38-23(10-30,11-31)41(35,36)37/h8,12,14-16,19,30-33H,4-7,9-11H2,1-3H3,(H2,35,36,37)/t14-,15-,16-,19-/m1/s1. The Morgan fingerprint density at radius 1 is 1.17 bits per heavy atom. The third-order valence-electron chi connectivity index (χ3n) is 7.03. The molecular formula is C23H35ClN5O11P. The van der Waals surface area contributed by atoms with Gasteiger partial charge in [0.2, 0.25) is 10.6 Å². The zero-order chi connectivity index (χ0) is 30.3. The van der Waals surface area contributed by atoms with Crippen molar-refractivity contribution >= 4 is 42.1 Å². The summed E-state index contributed by atoms with van der Waals surface area (Å²) in [6, 6.07) is -0.216. The number of aliphatic hydroxyl groups excluding tert-OH is 4. The summed E-state index contributed by atoms with van der Waals surface area (Å²) in [5, 5.41) is 42.1. The molecule has 1 saturated carbocycles. The molecule has 6 N–H and O–H groups in total. The maximum absolute atomic E-state index is 13.3. The van der Waals surface area contributed by atoms with E-state index >= 15 is 0 Å². The number of nitrogens with zero attached hydrogens (tertiary/aromatic N) is 5. The lowest BCUT2D eigenvalue weighted by molar-refractivity contribution is -0.121. The molecule has 4 atom stereocenters. The number of rotatable bonds is 9. The van der Waals surface area contributed by atoms with E-state index in [1.165, 1.54) is 11.1 Å². The third kappa shape index (κ3) is 6.37. The van der Waals surface area contributed by atoms with Crippen LogP contribution in [0.15, 0.2) is 6.20 Å². The molecule has 2 aliphatic rings. The van der Waals surface area contributed by atoms with Crippen molar-refractivity contribution in [3.8, 4) is 0 Å². The molecule has 41 heavy (non-hydrogen) atoms. The highest BCUT2D eigenvalue weighted by atomic mass is 35.5. The second kappa shape index (κ2) is 12.0. The van der Waals surface area contributed by atoms with E-state index in [1.807, 2.05) is 0 Å². The van der Waals surface area contributed by atoms with Gasteiger partial charge in [0.1, 0.15) is 23.9 Å². The normalized spacial score (nSPS) is 24.3. The van der Waals surface area contributed by atoms with Crippen LogP contribution in [0.5, 0.6) is 0 Å². The first-order chi connectivity index (χ1) is 19.1. The van der Waals surface area contributed by atoms with E-state index in [0.29, 0.717) is 18.2 Å². The van der Waals surface area contributed by atoms with Crippen molar-refractivity contribution in [2.24, 2.45) is 0 Å². The second-order valence-corrected chi connectivity index (χ2v) is 13.3. The van der Waals surface area contributed by atoms with Crippen LogP contribution >= 0.6 is 19.2 Å². The van der Waals surface area contributed by atoms with Gasteiger partial charge in [-0.1, -0.05) is 12.8 Å². The molecule has 3 heterocycles. The van der Waals surface area contributed by atoms with Gasteiger partial charge in [0.05, 0.1) is 31.4 Å². The fraction of sp³-hybridized carbons (Fsp3) is 0.739. The quantitative estimate of drug-likeness (QED) is 0.166. The smallest absolute Gasteiger partial charge is 0.416 e. The van der Waals surface area contributed by atoms with Crippen molar-refractivity contribution in [3.05, 3.63) is 11.5 Å². The highest BCUT2D eigenvalue weighted by Gasteiger charge is 2.51. The predicted molar refractivity (Wildman–Crippen MR) is 142 cm³/mol. The van der Waals surface area contributed by atoms with Crippen LogP contribution in [0.1, 0.15) is 52.7 Å². The van der Waals surface area contributed by atoms with E-state index in [0.717, 1.165) is 17.5 Å². The van der Waals surface area contributed by atoms with Crippen LogP contribution in [0.25, 0.3) is 11.0 Å². The highest BCUT2D eigenvalue weighted by Crippen LogP contribution is 2.51. The van der Waals surface area contributed by atoms with Gasteiger partial charge in [-0.05, 0) is 45.2 Å². The fourth-order valence-electron chi connectivity index (χ4n) is 4.85. The van der Waals surface area contributed by atoms with Gasteiger partial charge in [-0.25, -0.2) is 9.48 Å². The number of carbonyl (C=O) groups is 1. The average molecular weight is 624 g/mol. The summed E-state index contributed by atoms with van der Waals surface area (Å²) < 4.78 is 29.5. The van der Waals surface area contributed by atoms with Crippen LogP contribution in [-0.4, -0.2) is 111 Å². The van der Waals surface area contributed by atoms with Crippen LogP contribution in [0.3, 0.4) is 0 Å². The van der Waals surface area contributed by atoms with Crippen molar-refractivity contribution in [3.63, 3.8) is 0 Å². The molecule has 2 fully saturated rings. The number of halogens is 1. The number of carbonyl (C=O) groups excluding carboxylic acids is 1. The highest BCUT2D eigenvalue weighted by molar-refractivity contribution is 7.53. The van der Waals surface area contributed by atoms with Gasteiger partial charge < -0.3 is 44.4 Å². The maximum atomic E-state index is 13.3. The zero-order valence-corrected chi connectivity index (χ0v) is 24.3. The van der Waals surface area contributed by atoms with Gasteiger partial charge in [-0.2, -0.15) is 15.1 Å². The molecule has 0 unspecified atom stereocenters. The molecule has 4 rings (SSSR count). The number of aromatic nitrogens is 4. The van der Waals surface area contributed by atoms with E-state index in [9.17, 15) is 39.6 Å². The van der Waals surface area contributed by atoms with Crippen LogP contribution < -0.4 is 4.90 Å². The van der Waals surface area contributed by atoms with Crippen molar-refractivity contribution in [1.29, 1.82) is 0 Å². The summed E-state index contributed by atoms with van der Waals surface area (Å²) >= 11 is 6.28. The summed E-state index contributed by atoms with van der Waals surface area (Å²) in [7, 11) is -5.16. The molecule has 230 valence electrons. The summed E-state index contributed by atoms with van der Waals surface area (Å²) in [6.07, 6.45) is -1.99. The Hall–Kier alpha value is -1.98. The number of anilines is 1. The molecule has 1 amide bonds. The van der Waals surface area contributed by atoms with E-state index in [2.05, 4.69) is 15.1 Å². The van der Waals surface area contributed by atoms with Gasteiger partial charge in [0.15, 0.2) is 17.7 Å². The summed E-state index contributed by atoms with van der Waals surface area (Å²) in [6.45, 7) is 2.07. The van der Waals surface area contributed by atoms with E-state index in [4.69, 9.17) is 25.8 Å². The number of amides is 1. The van der Waals surface area contributed by atoms with Crippen LogP contribution in [0.2, 0.25) is 5.28 Å². The topological polar surface area (TPSA) is 230 Å². The molecule has 0 spiro atoms. The molecule has 18 heteroatoms. The van der Waals surface area contributed by atoms with Crippen molar-refractivity contribution in [1.82, 2.24) is 19.7 Å². The first-order valence-corrected chi connectivity index (χ1v) is 15.0. The Labute approximate surface area is 240 Å². The van der Waals surface area contributed by atoms with Gasteiger partial charge in [-0.15, -0.1) is 0 Å². The molecular weight excluding hydrogens is 589 g/mol. The second-order valence-electron chi connectivity index (χ2n) is 11.1. The molecule has 0 radical (unpaired) electrons. The Kier molecular flexibility index (Phi) is 9.31. The summed E-state index contributed by atoms with van der Waals surface area (Å²) in [5.41, 5.74) is -0.716. The third-order valence-corrected chi connectivity index (χ3v) is 8.68.